The molecule has 0 aromatic heterocycles. The predicted molar refractivity (Wildman–Crippen MR) is 133 cm³/mol. The third-order valence-electron chi connectivity index (χ3n) is 4.81. The molecule has 2 amide bonds. The minimum absolute atomic E-state index is 0.223. The molecule has 0 spiro atoms. The van der Waals surface area contributed by atoms with Crippen LogP contribution >= 0.6 is 0 Å². The van der Waals surface area contributed by atoms with Gasteiger partial charge < -0.3 is 14.8 Å². The Bertz CT molecular complexity index is 1250. The Labute approximate surface area is 203 Å². The molecule has 0 atom stereocenters. The number of nitrogens with zero attached hydrogens (tertiary/aromatic N) is 1. The van der Waals surface area contributed by atoms with Crippen molar-refractivity contribution >= 4 is 30.1 Å². The highest BCUT2D eigenvalue weighted by Gasteiger charge is 2.10. The molecule has 0 aliphatic rings. The highest BCUT2D eigenvalue weighted by Crippen LogP contribution is 2.27. The molecule has 0 saturated heterocycles. The van der Waals surface area contributed by atoms with E-state index in [1.54, 1.807) is 36.4 Å². The molecule has 3 aromatic carbocycles. The van der Waals surface area contributed by atoms with Gasteiger partial charge in [0.2, 0.25) is 0 Å². The highest BCUT2D eigenvalue weighted by atomic mass is 16.6. The fourth-order valence-electron chi connectivity index (χ4n) is 3.02. The summed E-state index contributed by atoms with van der Waals surface area (Å²) in [6.45, 7) is 1.60. The second-order valence-electron chi connectivity index (χ2n) is 7.37. The number of rotatable bonds is 9. The average Bonchev–Trinajstić information content (AvgIpc) is 2.87. The first-order chi connectivity index (χ1) is 17.0. The Morgan fingerprint density at radius 3 is 2.40 bits per heavy atom. The van der Waals surface area contributed by atoms with E-state index in [4.69, 9.17) is 9.47 Å². The lowest BCUT2D eigenvalue weighted by Gasteiger charge is -2.08. The van der Waals surface area contributed by atoms with Gasteiger partial charge in [0.25, 0.3) is 11.8 Å². The topological polar surface area (TPSA) is 106 Å². The Kier molecular flexibility index (Phi) is 8.90. The summed E-state index contributed by atoms with van der Waals surface area (Å²) >= 11 is 0. The van der Waals surface area contributed by atoms with E-state index >= 15 is 0 Å². The molecular formula is C27H25N3O5. The van der Waals surface area contributed by atoms with Crippen LogP contribution in [0.2, 0.25) is 0 Å². The number of aryl methyl sites for hydroxylation is 1. The summed E-state index contributed by atoms with van der Waals surface area (Å²) in [5.74, 6) is -0.794. The number of nitrogens with one attached hydrogen (secondary N) is 2. The quantitative estimate of drug-likeness (QED) is 0.163. The van der Waals surface area contributed by atoms with Gasteiger partial charge in [-0.3, -0.25) is 9.59 Å². The van der Waals surface area contributed by atoms with Gasteiger partial charge in [-0.2, -0.15) is 5.10 Å². The number of esters is 1. The van der Waals surface area contributed by atoms with Gasteiger partial charge in [0.1, 0.15) is 0 Å². The molecular weight excluding hydrogens is 446 g/mol. The fraction of sp³-hybridized carbons (Fsp3) is 0.111. The monoisotopic (exact) mass is 471 g/mol. The maximum absolute atomic E-state index is 12.2. The smallest absolute Gasteiger partial charge is 0.336 e. The summed E-state index contributed by atoms with van der Waals surface area (Å²) in [6, 6.07) is 21.3. The van der Waals surface area contributed by atoms with Crippen molar-refractivity contribution in [3.8, 4) is 11.5 Å². The average molecular weight is 472 g/mol. The van der Waals surface area contributed by atoms with Crippen LogP contribution in [0.1, 0.15) is 27.0 Å². The van der Waals surface area contributed by atoms with Crippen LogP contribution in [0.4, 0.5) is 0 Å². The van der Waals surface area contributed by atoms with E-state index in [-0.39, 0.29) is 18.2 Å². The van der Waals surface area contributed by atoms with E-state index in [9.17, 15) is 14.4 Å². The standard InChI is InChI=1S/C27H25N3O5/c1-19-8-6-7-11-22(19)27(33)28-18-25(31)30-29-17-21-12-14-23(24(16-21)34-2)35-26(32)15-13-20-9-4-3-5-10-20/h3-17H,18H2,1-2H3,(H,28,33)(H,30,31)/b15-13+,29-17+. The van der Waals surface area contributed by atoms with E-state index in [1.165, 1.54) is 19.4 Å². The highest BCUT2D eigenvalue weighted by molar-refractivity contribution is 5.97. The molecule has 0 aliphatic carbocycles. The van der Waals surface area contributed by atoms with Gasteiger partial charge >= 0.3 is 5.97 Å². The molecule has 8 heteroatoms. The summed E-state index contributed by atoms with van der Waals surface area (Å²) < 4.78 is 10.6. The molecule has 0 bridgehead atoms. The fourth-order valence-corrected chi connectivity index (χ4v) is 3.02. The van der Waals surface area contributed by atoms with Gasteiger partial charge in [-0.05, 0) is 54.0 Å². The van der Waals surface area contributed by atoms with E-state index in [2.05, 4.69) is 15.8 Å². The lowest BCUT2D eigenvalue weighted by molar-refractivity contribution is -0.129. The molecule has 0 saturated carbocycles. The van der Waals surface area contributed by atoms with Gasteiger partial charge in [0.05, 0.1) is 19.9 Å². The largest absolute Gasteiger partial charge is 0.493 e. The number of ether oxygens (including phenoxy) is 2. The molecule has 3 aromatic rings. The van der Waals surface area contributed by atoms with Crippen molar-refractivity contribution < 1.29 is 23.9 Å². The van der Waals surface area contributed by atoms with E-state index in [0.717, 1.165) is 11.1 Å². The molecule has 2 N–H and O–H groups in total. The van der Waals surface area contributed by atoms with Crippen molar-refractivity contribution in [2.45, 2.75) is 6.92 Å². The number of carbonyl (C=O) groups excluding carboxylic acids is 3. The van der Waals surface area contributed by atoms with Gasteiger partial charge in [-0.15, -0.1) is 0 Å². The van der Waals surface area contributed by atoms with Crippen LogP contribution in [0.15, 0.2) is 84.0 Å². The van der Waals surface area contributed by atoms with E-state index < -0.39 is 11.9 Å². The Balaban J connectivity index is 1.52. The zero-order valence-corrected chi connectivity index (χ0v) is 19.4. The third kappa shape index (κ3) is 7.68. The van der Waals surface area contributed by atoms with Gasteiger partial charge in [0.15, 0.2) is 11.5 Å². The Morgan fingerprint density at radius 1 is 0.914 bits per heavy atom. The number of hydrogen-bond acceptors (Lipinski definition) is 6. The van der Waals surface area contributed by atoms with Crippen LogP contribution in [0.5, 0.6) is 11.5 Å². The molecule has 0 aliphatic heterocycles. The minimum atomic E-state index is -0.548. The summed E-state index contributed by atoms with van der Waals surface area (Å²) in [5.41, 5.74) is 5.15. The lowest BCUT2D eigenvalue weighted by Crippen LogP contribution is -2.35. The first-order valence-electron chi connectivity index (χ1n) is 10.7. The molecule has 0 unspecified atom stereocenters. The van der Waals surface area contributed by atoms with Crippen LogP contribution in [0.25, 0.3) is 6.08 Å². The first-order valence-corrected chi connectivity index (χ1v) is 10.7. The molecule has 35 heavy (non-hydrogen) atoms. The summed E-state index contributed by atoms with van der Waals surface area (Å²) in [6.07, 6.45) is 4.39. The summed E-state index contributed by atoms with van der Waals surface area (Å²) in [5, 5.41) is 6.44. The maximum atomic E-state index is 12.2. The zero-order chi connectivity index (χ0) is 25.0. The van der Waals surface area contributed by atoms with E-state index in [1.807, 2.05) is 49.4 Å². The number of amides is 2. The van der Waals surface area contributed by atoms with Crippen LogP contribution in [-0.4, -0.2) is 37.7 Å². The van der Waals surface area contributed by atoms with Crippen molar-refractivity contribution in [3.63, 3.8) is 0 Å². The first kappa shape index (κ1) is 24.9. The minimum Gasteiger partial charge on any atom is -0.493 e. The van der Waals surface area contributed by atoms with Crippen molar-refractivity contribution in [1.29, 1.82) is 0 Å². The second-order valence-corrected chi connectivity index (χ2v) is 7.37. The Hall–Kier alpha value is -4.72. The van der Waals surface area contributed by atoms with Crippen LogP contribution in [0.3, 0.4) is 0 Å². The summed E-state index contributed by atoms with van der Waals surface area (Å²) in [4.78, 5) is 36.3. The molecule has 178 valence electrons. The molecule has 8 nitrogen and oxygen atoms in total. The number of benzene rings is 3. The number of hydrazone groups is 1. The van der Waals surface area contributed by atoms with E-state index in [0.29, 0.717) is 16.9 Å². The van der Waals surface area contributed by atoms with Crippen molar-refractivity contribution in [2.75, 3.05) is 13.7 Å². The lowest BCUT2D eigenvalue weighted by atomic mass is 10.1. The van der Waals surface area contributed by atoms with Crippen molar-refractivity contribution in [2.24, 2.45) is 5.10 Å². The van der Waals surface area contributed by atoms with Crippen LogP contribution < -0.4 is 20.2 Å². The van der Waals surface area contributed by atoms with Crippen molar-refractivity contribution in [3.05, 3.63) is 101 Å². The molecule has 0 fully saturated rings. The predicted octanol–water partition coefficient (Wildman–Crippen LogP) is 3.50. The SMILES string of the molecule is COc1cc(/C=N/NC(=O)CNC(=O)c2ccccc2C)ccc1OC(=O)/C=C/c1ccccc1. The number of hydrogen-bond donors (Lipinski definition) is 2. The normalized spacial score (nSPS) is 10.8. The molecule has 0 radical (unpaired) electrons. The summed E-state index contributed by atoms with van der Waals surface area (Å²) in [7, 11) is 1.45. The third-order valence-corrected chi connectivity index (χ3v) is 4.81. The molecule has 0 heterocycles. The number of methoxy groups -OCH3 is 1. The molecule has 3 rings (SSSR count). The van der Waals surface area contributed by atoms with Crippen LogP contribution in [-0.2, 0) is 9.59 Å². The van der Waals surface area contributed by atoms with Gasteiger partial charge in [0, 0.05) is 11.6 Å². The maximum Gasteiger partial charge on any atom is 0.336 e. The van der Waals surface area contributed by atoms with Gasteiger partial charge in [-0.25, -0.2) is 10.2 Å². The number of carbonyl (C=O) groups is 3. The van der Waals surface area contributed by atoms with Gasteiger partial charge in [-0.1, -0.05) is 48.5 Å². The second kappa shape index (κ2) is 12.5. The Morgan fingerprint density at radius 2 is 1.66 bits per heavy atom. The van der Waals surface area contributed by atoms with Crippen LogP contribution in [0, 0.1) is 6.92 Å². The van der Waals surface area contributed by atoms with Crippen molar-refractivity contribution in [1.82, 2.24) is 10.7 Å². The zero-order valence-electron chi connectivity index (χ0n) is 19.4.